The second kappa shape index (κ2) is 13.8. The van der Waals surface area contributed by atoms with Gasteiger partial charge in [-0.2, -0.15) is 0 Å². The zero-order valence-electron chi connectivity index (χ0n) is 20.5. The van der Waals surface area contributed by atoms with E-state index < -0.39 is 0 Å². The van der Waals surface area contributed by atoms with Crippen molar-refractivity contribution in [1.82, 2.24) is 0 Å². The summed E-state index contributed by atoms with van der Waals surface area (Å²) >= 11 is 0. The molecule has 0 unspecified atom stereocenters. The van der Waals surface area contributed by atoms with Crippen molar-refractivity contribution < 1.29 is 0 Å². The van der Waals surface area contributed by atoms with Crippen molar-refractivity contribution in [1.29, 1.82) is 0 Å². The lowest BCUT2D eigenvalue weighted by atomic mass is 9.65. The highest BCUT2D eigenvalue weighted by Crippen LogP contribution is 2.46. The topological polar surface area (TPSA) is 0 Å². The van der Waals surface area contributed by atoms with Crippen molar-refractivity contribution in [3.63, 3.8) is 0 Å². The van der Waals surface area contributed by atoms with Crippen molar-refractivity contribution in [2.24, 2.45) is 35.5 Å². The monoisotopic (exact) mass is 412 g/mol. The van der Waals surface area contributed by atoms with Gasteiger partial charge in [-0.3, -0.25) is 0 Å². The summed E-state index contributed by atoms with van der Waals surface area (Å²) in [4.78, 5) is 0. The molecule has 3 rings (SSSR count). The summed E-state index contributed by atoms with van der Waals surface area (Å²) in [6.45, 7) is 4.59. The number of rotatable bonds is 10. The Morgan fingerprint density at radius 3 is 1.07 bits per heavy atom. The van der Waals surface area contributed by atoms with E-state index in [-0.39, 0.29) is 0 Å². The molecule has 0 nitrogen and oxygen atoms in total. The summed E-state index contributed by atoms with van der Waals surface area (Å²) in [5.41, 5.74) is 0. The molecule has 0 atom stereocenters. The van der Waals surface area contributed by atoms with Crippen LogP contribution in [0.25, 0.3) is 0 Å². The number of unbranched alkanes of at least 4 members (excludes halogenated alkanes) is 4. The van der Waals surface area contributed by atoms with Crippen LogP contribution in [0, 0.1) is 35.5 Å². The zero-order chi connectivity index (χ0) is 21.0. The number of hydrogen-bond acceptors (Lipinski definition) is 0. The first-order chi connectivity index (χ1) is 14.8. The lowest BCUT2D eigenvalue weighted by Crippen LogP contribution is -2.29. The van der Waals surface area contributed by atoms with E-state index in [9.17, 15) is 0 Å². The van der Waals surface area contributed by atoms with Gasteiger partial charge in [-0.1, -0.05) is 63.8 Å². The highest BCUT2D eigenvalue weighted by Gasteiger charge is 2.34. The van der Waals surface area contributed by atoms with E-state index in [1.807, 2.05) is 0 Å². The van der Waals surface area contributed by atoms with Gasteiger partial charge in [0.15, 0.2) is 0 Å². The molecule has 3 aliphatic rings. The van der Waals surface area contributed by atoms with Crippen molar-refractivity contribution >= 4 is 0 Å². The molecule has 0 heteroatoms. The predicted octanol–water partition coefficient (Wildman–Crippen LogP) is 9.90. The minimum absolute atomic E-state index is 0.903. The summed E-state index contributed by atoms with van der Waals surface area (Å²) in [5.74, 6) is 6.08. The standard InChI is InChI=1S/C30H52/c1-3-5-7-9-11-25-13-17-27(18-14-25)29-21-23-30(24-22-29)28-19-15-26(16-20-28)12-10-8-6-4-2/h9-12,25-30H,3-8,13-24H2,1-2H3. The van der Waals surface area contributed by atoms with Crippen LogP contribution in [-0.4, -0.2) is 0 Å². The van der Waals surface area contributed by atoms with Gasteiger partial charge in [0.05, 0.1) is 0 Å². The maximum atomic E-state index is 2.57. The molecular weight excluding hydrogens is 360 g/mol. The van der Waals surface area contributed by atoms with Crippen LogP contribution in [0.15, 0.2) is 24.3 Å². The Morgan fingerprint density at radius 2 is 0.767 bits per heavy atom. The molecule has 0 heterocycles. The lowest BCUT2D eigenvalue weighted by Gasteiger charge is -2.41. The molecule has 0 aliphatic heterocycles. The van der Waals surface area contributed by atoms with E-state index in [2.05, 4.69) is 38.2 Å². The van der Waals surface area contributed by atoms with Gasteiger partial charge < -0.3 is 0 Å². The Labute approximate surface area is 189 Å². The Bertz CT molecular complexity index is 430. The van der Waals surface area contributed by atoms with Crippen LogP contribution in [-0.2, 0) is 0 Å². The number of hydrogen-bond donors (Lipinski definition) is 0. The molecular formula is C30H52. The third-order valence-electron chi connectivity index (χ3n) is 9.05. The van der Waals surface area contributed by atoms with Crippen molar-refractivity contribution in [3.05, 3.63) is 24.3 Å². The highest BCUT2D eigenvalue weighted by molar-refractivity contribution is 4.94. The second-order valence-electron chi connectivity index (χ2n) is 11.2. The molecule has 0 aromatic heterocycles. The van der Waals surface area contributed by atoms with E-state index in [0.29, 0.717) is 0 Å². The van der Waals surface area contributed by atoms with Gasteiger partial charge in [-0.25, -0.2) is 0 Å². The smallest absolute Gasteiger partial charge is 0.0233 e. The molecule has 0 spiro atoms. The summed E-state index contributed by atoms with van der Waals surface area (Å²) < 4.78 is 0. The zero-order valence-corrected chi connectivity index (χ0v) is 20.5. The van der Waals surface area contributed by atoms with Crippen LogP contribution in [0.5, 0.6) is 0 Å². The molecule has 30 heavy (non-hydrogen) atoms. The van der Waals surface area contributed by atoms with Crippen LogP contribution in [0.4, 0.5) is 0 Å². The average Bonchev–Trinajstić information content (AvgIpc) is 2.81. The van der Waals surface area contributed by atoms with Crippen LogP contribution >= 0.6 is 0 Å². The Hall–Kier alpha value is -0.520. The van der Waals surface area contributed by atoms with E-state index in [4.69, 9.17) is 0 Å². The van der Waals surface area contributed by atoms with Crippen LogP contribution in [0.1, 0.15) is 129 Å². The molecule has 0 amide bonds. The molecule has 0 aromatic rings. The fraction of sp³-hybridized carbons (Fsp3) is 0.867. The molecule has 3 saturated carbocycles. The van der Waals surface area contributed by atoms with E-state index >= 15 is 0 Å². The SMILES string of the molecule is CCCCC=CC1CCC(C2CCC(C3CCC(C=CCCCC)CC3)CC2)CC1. The van der Waals surface area contributed by atoms with Gasteiger partial charge in [-0.15, -0.1) is 0 Å². The molecule has 3 fully saturated rings. The molecule has 0 saturated heterocycles. The fourth-order valence-electron chi connectivity index (χ4n) is 6.93. The van der Waals surface area contributed by atoms with Gasteiger partial charge in [0.25, 0.3) is 0 Å². The molecule has 0 N–H and O–H groups in total. The van der Waals surface area contributed by atoms with Crippen LogP contribution in [0.3, 0.4) is 0 Å². The Kier molecular flexibility index (Phi) is 11.1. The quantitative estimate of drug-likeness (QED) is 0.247. The van der Waals surface area contributed by atoms with E-state index in [1.54, 1.807) is 25.7 Å². The first-order valence-corrected chi connectivity index (χ1v) is 14.1. The lowest BCUT2D eigenvalue weighted by molar-refractivity contribution is 0.112. The average molecular weight is 413 g/mol. The highest BCUT2D eigenvalue weighted by atomic mass is 14.4. The molecule has 172 valence electrons. The summed E-state index contributed by atoms with van der Waals surface area (Å²) in [5, 5.41) is 0. The minimum atomic E-state index is 0.903. The first kappa shape index (κ1) is 24.1. The van der Waals surface area contributed by atoms with E-state index in [0.717, 1.165) is 35.5 Å². The summed E-state index contributed by atoms with van der Waals surface area (Å²) in [7, 11) is 0. The Balaban J connectivity index is 1.30. The normalized spacial score (nSPS) is 35.9. The van der Waals surface area contributed by atoms with Gasteiger partial charge in [0, 0.05) is 0 Å². The van der Waals surface area contributed by atoms with Crippen molar-refractivity contribution in [2.75, 3.05) is 0 Å². The number of allylic oxidation sites excluding steroid dienone is 4. The Morgan fingerprint density at radius 1 is 0.467 bits per heavy atom. The fourth-order valence-corrected chi connectivity index (χ4v) is 6.93. The van der Waals surface area contributed by atoms with Gasteiger partial charge in [0.1, 0.15) is 0 Å². The maximum Gasteiger partial charge on any atom is -0.0233 e. The third-order valence-corrected chi connectivity index (χ3v) is 9.05. The van der Waals surface area contributed by atoms with Gasteiger partial charge in [0.2, 0.25) is 0 Å². The third kappa shape index (κ3) is 7.87. The first-order valence-electron chi connectivity index (χ1n) is 14.1. The minimum Gasteiger partial charge on any atom is -0.0883 e. The molecule has 0 radical (unpaired) electrons. The maximum absolute atomic E-state index is 2.57. The van der Waals surface area contributed by atoms with Crippen molar-refractivity contribution in [2.45, 2.75) is 129 Å². The second-order valence-corrected chi connectivity index (χ2v) is 11.2. The molecule has 3 aliphatic carbocycles. The predicted molar refractivity (Wildman–Crippen MR) is 134 cm³/mol. The summed E-state index contributed by atoms with van der Waals surface area (Å²) in [6.07, 6.45) is 36.3. The van der Waals surface area contributed by atoms with Crippen molar-refractivity contribution in [3.8, 4) is 0 Å². The van der Waals surface area contributed by atoms with Gasteiger partial charge in [-0.05, 0) is 125 Å². The molecule has 0 aromatic carbocycles. The van der Waals surface area contributed by atoms with Crippen LogP contribution < -0.4 is 0 Å². The van der Waals surface area contributed by atoms with Crippen LogP contribution in [0.2, 0.25) is 0 Å². The van der Waals surface area contributed by atoms with Gasteiger partial charge >= 0.3 is 0 Å². The largest absolute Gasteiger partial charge is 0.0883 e. The summed E-state index contributed by atoms with van der Waals surface area (Å²) in [6, 6.07) is 0. The van der Waals surface area contributed by atoms with E-state index in [1.165, 1.54) is 89.9 Å². The molecule has 0 bridgehead atoms.